The van der Waals surface area contributed by atoms with Crippen LogP contribution in [0.2, 0.25) is 0 Å². The van der Waals surface area contributed by atoms with Gasteiger partial charge in [0.2, 0.25) is 10.0 Å². The Morgan fingerprint density at radius 2 is 1.88 bits per heavy atom. The number of hydrogen-bond acceptors (Lipinski definition) is 3. The topological polar surface area (TPSA) is 62.6 Å². The Kier molecular flexibility index (Phi) is 5.25. The van der Waals surface area contributed by atoms with Crippen molar-refractivity contribution in [2.24, 2.45) is 0 Å². The molecule has 25 heavy (non-hydrogen) atoms. The molecule has 1 saturated heterocycles. The molecule has 2 fully saturated rings. The van der Waals surface area contributed by atoms with Crippen LogP contribution in [0.1, 0.15) is 60.4 Å². The second kappa shape index (κ2) is 7.11. The zero-order valence-corrected chi connectivity index (χ0v) is 16.3. The fraction of sp³-hybridized carbons (Fsp3) is 0.722. The number of amides is 1. The van der Waals surface area contributed by atoms with Crippen LogP contribution in [0.15, 0.2) is 6.07 Å². The highest BCUT2D eigenvalue weighted by molar-refractivity contribution is 7.89. The maximum Gasteiger partial charge on any atom is 0.255 e. The highest BCUT2D eigenvalue weighted by Crippen LogP contribution is 2.38. The van der Waals surface area contributed by atoms with Gasteiger partial charge in [0, 0.05) is 43.6 Å². The third-order valence-electron chi connectivity index (χ3n) is 5.22. The van der Waals surface area contributed by atoms with Crippen LogP contribution < -0.4 is 0 Å². The molecule has 1 aromatic heterocycles. The fourth-order valence-corrected chi connectivity index (χ4v) is 5.36. The van der Waals surface area contributed by atoms with Crippen molar-refractivity contribution in [3.63, 3.8) is 0 Å². The van der Waals surface area contributed by atoms with Crippen LogP contribution in [0.3, 0.4) is 0 Å². The lowest BCUT2D eigenvalue weighted by Gasteiger charge is -2.22. The van der Waals surface area contributed by atoms with Gasteiger partial charge in [-0.05, 0) is 45.6 Å². The van der Waals surface area contributed by atoms with E-state index in [4.69, 9.17) is 0 Å². The molecule has 7 heteroatoms. The molecule has 2 heterocycles. The Bertz CT molecular complexity index is 750. The summed E-state index contributed by atoms with van der Waals surface area (Å²) in [6.07, 6.45) is 3.70. The molecular formula is C18H29N3O3S. The Morgan fingerprint density at radius 1 is 1.16 bits per heavy atom. The van der Waals surface area contributed by atoms with E-state index in [1.54, 1.807) is 4.31 Å². The van der Waals surface area contributed by atoms with E-state index < -0.39 is 10.0 Å². The van der Waals surface area contributed by atoms with E-state index in [2.05, 4.69) is 11.5 Å². The Morgan fingerprint density at radius 3 is 2.52 bits per heavy atom. The summed E-state index contributed by atoms with van der Waals surface area (Å²) in [7, 11) is -3.19. The van der Waals surface area contributed by atoms with E-state index in [9.17, 15) is 13.2 Å². The quantitative estimate of drug-likeness (QED) is 0.802. The van der Waals surface area contributed by atoms with E-state index in [-0.39, 0.29) is 11.7 Å². The first-order valence-electron chi connectivity index (χ1n) is 9.30. The summed E-state index contributed by atoms with van der Waals surface area (Å²) < 4.78 is 28.4. The third kappa shape index (κ3) is 3.77. The highest BCUT2D eigenvalue weighted by Gasteiger charge is 2.31. The maximum atomic E-state index is 13.0. The Labute approximate surface area is 150 Å². The number of aromatic nitrogens is 1. The number of nitrogens with zero attached hydrogens (tertiary/aromatic N) is 3. The third-order valence-corrected chi connectivity index (χ3v) is 7.30. The maximum absolute atomic E-state index is 13.0. The molecule has 140 valence electrons. The lowest BCUT2D eigenvalue weighted by atomic mass is 10.2. The first kappa shape index (κ1) is 18.5. The summed E-state index contributed by atoms with van der Waals surface area (Å²) in [6.45, 7) is 7.94. The highest BCUT2D eigenvalue weighted by atomic mass is 32.2. The molecule has 0 atom stereocenters. The number of hydrogen-bond donors (Lipinski definition) is 0. The lowest BCUT2D eigenvalue weighted by Crippen LogP contribution is -2.38. The number of carbonyl (C=O) groups excluding carboxylic acids is 1. The molecule has 2 aliphatic rings. The summed E-state index contributed by atoms with van der Waals surface area (Å²) >= 11 is 0. The first-order chi connectivity index (χ1) is 11.8. The second-order valence-electron chi connectivity index (χ2n) is 7.25. The minimum atomic E-state index is -3.19. The molecule has 1 aliphatic heterocycles. The predicted molar refractivity (Wildman–Crippen MR) is 98.3 cm³/mol. The second-order valence-corrected chi connectivity index (χ2v) is 9.34. The molecule has 1 aromatic rings. The minimum absolute atomic E-state index is 0.0368. The molecule has 0 aromatic carbocycles. The van der Waals surface area contributed by atoms with Gasteiger partial charge in [-0.3, -0.25) is 4.79 Å². The molecular weight excluding hydrogens is 338 g/mol. The van der Waals surface area contributed by atoms with Crippen molar-refractivity contribution in [2.75, 3.05) is 31.9 Å². The van der Waals surface area contributed by atoms with Crippen LogP contribution in [0.5, 0.6) is 0 Å². The normalized spacial score (nSPS) is 19.9. The number of rotatable bonds is 5. The summed E-state index contributed by atoms with van der Waals surface area (Å²) in [6, 6.07) is 2.55. The van der Waals surface area contributed by atoms with E-state index in [1.165, 1.54) is 12.8 Å². The van der Waals surface area contributed by atoms with Crippen molar-refractivity contribution in [3.8, 4) is 0 Å². The number of sulfonamides is 1. The van der Waals surface area contributed by atoms with Gasteiger partial charge in [-0.25, -0.2) is 12.7 Å². The summed E-state index contributed by atoms with van der Waals surface area (Å²) in [5.41, 5.74) is 2.96. The van der Waals surface area contributed by atoms with Crippen molar-refractivity contribution in [2.45, 2.75) is 52.5 Å². The van der Waals surface area contributed by atoms with E-state index >= 15 is 0 Å². The van der Waals surface area contributed by atoms with Gasteiger partial charge in [0.05, 0.1) is 11.3 Å². The van der Waals surface area contributed by atoms with Gasteiger partial charge in [0.15, 0.2) is 0 Å². The SMILES string of the molecule is CCCS(=O)(=O)N1CCCN(C(=O)c2cc(C)n(C3CC3)c2C)CC1. The zero-order valence-electron chi connectivity index (χ0n) is 15.5. The molecule has 3 rings (SSSR count). The standard InChI is InChI=1S/C18H29N3O3S/c1-4-12-25(23,24)20-9-5-8-19(10-11-20)18(22)17-13-14(2)21(15(17)3)16-6-7-16/h13,16H,4-12H2,1-3H3. The van der Waals surface area contributed by atoms with Crippen molar-refractivity contribution in [1.82, 2.24) is 13.8 Å². The summed E-state index contributed by atoms with van der Waals surface area (Å²) in [5, 5.41) is 0. The Balaban J connectivity index is 1.73. The van der Waals surface area contributed by atoms with Gasteiger partial charge in [0.1, 0.15) is 0 Å². The zero-order chi connectivity index (χ0) is 18.2. The van der Waals surface area contributed by atoms with E-state index in [1.807, 2.05) is 24.8 Å². The smallest absolute Gasteiger partial charge is 0.255 e. The number of aryl methyl sites for hydroxylation is 1. The van der Waals surface area contributed by atoms with Crippen LogP contribution in [-0.2, 0) is 10.0 Å². The lowest BCUT2D eigenvalue weighted by molar-refractivity contribution is 0.0763. The van der Waals surface area contributed by atoms with Crippen LogP contribution in [-0.4, -0.2) is 60.0 Å². The first-order valence-corrected chi connectivity index (χ1v) is 10.9. The van der Waals surface area contributed by atoms with Crippen LogP contribution >= 0.6 is 0 Å². The molecule has 0 radical (unpaired) electrons. The summed E-state index contributed by atoms with van der Waals surface area (Å²) in [5.74, 6) is 0.221. The van der Waals surface area contributed by atoms with E-state index in [0.717, 1.165) is 17.0 Å². The average molecular weight is 368 g/mol. The molecule has 0 unspecified atom stereocenters. The van der Waals surface area contributed by atoms with Gasteiger partial charge in [-0.2, -0.15) is 0 Å². The minimum Gasteiger partial charge on any atom is -0.345 e. The van der Waals surface area contributed by atoms with Gasteiger partial charge in [0.25, 0.3) is 5.91 Å². The van der Waals surface area contributed by atoms with Crippen LogP contribution in [0.25, 0.3) is 0 Å². The van der Waals surface area contributed by atoms with Crippen LogP contribution in [0, 0.1) is 13.8 Å². The molecule has 1 amide bonds. The average Bonchev–Trinajstić information content (AvgIpc) is 3.35. The molecule has 0 bridgehead atoms. The molecule has 0 N–H and O–H groups in total. The van der Waals surface area contributed by atoms with Crippen molar-refractivity contribution in [3.05, 3.63) is 23.0 Å². The van der Waals surface area contributed by atoms with Crippen molar-refractivity contribution < 1.29 is 13.2 Å². The fourth-order valence-electron chi connectivity index (χ4n) is 3.82. The monoisotopic (exact) mass is 367 g/mol. The van der Waals surface area contributed by atoms with Crippen molar-refractivity contribution in [1.29, 1.82) is 0 Å². The molecule has 0 spiro atoms. The number of carbonyl (C=O) groups is 1. The van der Waals surface area contributed by atoms with Crippen molar-refractivity contribution >= 4 is 15.9 Å². The largest absolute Gasteiger partial charge is 0.345 e. The summed E-state index contributed by atoms with van der Waals surface area (Å²) in [4.78, 5) is 14.8. The molecule has 1 aliphatic carbocycles. The van der Waals surface area contributed by atoms with E-state index in [0.29, 0.717) is 45.1 Å². The van der Waals surface area contributed by atoms with Gasteiger partial charge >= 0.3 is 0 Å². The Hall–Kier alpha value is -1.34. The van der Waals surface area contributed by atoms with Crippen LogP contribution in [0.4, 0.5) is 0 Å². The van der Waals surface area contributed by atoms with Gasteiger partial charge in [-0.1, -0.05) is 6.92 Å². The van der Waals surface area contributed by atoms with Gasteiger partial charge < -0.3 is 9.47 Å². The van der Waals surface area contributed by atoms with Gasteiger partial charge in [-0.15, -0.1) is 0 Å². The molecule has 6 nitrogen and oxygen atoms in total. The predicted octanol–water partition coefficient (Wildman–Crippen LogP) is 2.33. The molecule has 1 saturated carbocycles.